The van der Waals surface area contributed by atoms with Gasteiger partial charge in [0.1, 0.15) is 11.8 Å². The molecule has 0 heterocycles. The lowest BCUT2D eigenvalue weighted by Crippen LogP contribution is -2.37. The molecule has 0 aromatic heterocycles. The quantitative estimate of drug-likeness (QED) is 0.502. The number of carbonyl (C=O) groups is 4. The van der Waals surface area contributed by atoms with Gasteiger partial charge >= 0.3 is 11.9 Å². The van der Waals surface area contributed by atoms with Crippen molar-refractivity contribution in [2.24, 2.45) is 35.5 Å². The Bertz CT molecular complexity index is 577. The molecule has 2 N–H and O–H groups in total. The number of hydrogen-bond donors (Lipinski definition) is 2. The highest BCUT2D eigenvalue weighted by molar-refractivity contribution is 6.05. The molecule has 0 aromatic rings. The molecule has 0 spiro atoms. The van der Waals surface area contributed by atoms with E-state index in [4.69, 9.17) is 9.47 Å². The third-order valence-corrected chi connectivity index (χ3v) is 6.07. The van der Waals surface area contributed by atoms with Gasteiger partial charge in [0.05, 0.1) is 25.4 Å². The molecule has 0 amide bonds. The van der Waals surface area contributed by atoms with Gasteiger partial charge in [-0.25, -0.2) is 0 Å². The van der Waals surface area contributed by atoms with Crippen LogP contribution in [0, 0.1) is 35.5 Å². The number of aliphatic hydroxyl groups excluding tert-OH is 2. The number of carbonyl (C=O) groups excluding carboxylic acids is 4. The first-order chi connectivity index (χ1) is 12.3. The number of hydrogen-bond acceptors (Lipinski definition) is 8. The average Bonchev–Trinajstić information content (AvgIpc) is 2.98. The molecule has 26 heavy (non-hydrogen) atoms. The van der Waals surface area contributed by atoms with E-state index in [1.165, 1.54) is 0 Å². The normalized spacial score (nSPS) is 41.5. The Labute approximate surface area is 150 Å². The fourth-order valence-electron chi connectivity index (χ4n) is 4.94. The summed E-state index contributed by atoms with van der Waals surface area (Å²) in [4.78, 5) is 49.3. The van der Waals surface area contributed by atoms with Crippen molar-refractivity contribution in [3.05, 3.63) is 0 Å². The van der Waals surface area contributed by atoms with E-state index in [1.54, 1.807) is 13.8 Å². The van der Waals surface area contributed by atoms with E-state index >= 15 is 0 Å². The van der Waals surface area contributed by atoms with Crippen molar-refractivity contribution in [3.8, 4) is 0 Å². The third kappa shape index (κ3) is 2.75. The fraction of sp³-hybridized carbons (Fsp3) is 0.778. The van der Waals surface area contributed by atoms with Crippen molar-refractivity contribution in [1.29, 1.82) is 0 Å². The molecule has 3 saturated carbocycles. The van der Waals surface area contributed by atoms with Crippen molar-refractivity contribution in [2.45, 2.75) is 38.9 Å². The van der Waals surface area contributed by atoms with Crippen LogP contribution < -0.4 is 0 Å². The van der Waals surface area contributed by atoms with E-state index in [1.807, 2.05) is 0 Å². The van der Waals surface area contributed by atoms with Gasteiger partial charge in [0.15, 0.2) is 11.6 Å². The number of ketones is 2. The zero-order chi connectivity index (χ0) is 19.2. The molecule has 3 aliphatic rings. The van der Waals surface area contributed by atoms with E-state index in [0.717, 1.165) is 0 Å². The van der Waals surface area contributed by atoms with E-state index in [-0.39, 0.29) is 26.1 Å². The molecule has 3 rings (SSSR count). The lowest BCUT2D eigenvalue weighted by atomic mass is 9.69. The Morgan fingerprint density at radius 2 is 1.23 bits per heavy atom. The maximum Gasteiger partial charge on any atom is 0.319 e. The minimum Gasteiger partial charge on any atom is -0.465 e. The first-order valence-corrected chi connectivity index (χ1v) is 9.10. The second kappa shape index (κ2) is 7.08. The lowest BCUT2D eigenvalue weighted by Gasteiger charge is -2.35. The van der Waals surface area contributed by atoms with Crippen LogP contribution in [-0.2, 0) is 28.7 Å². The molecule has 0 aliphatic heterocycles. The summed E-state index contributed by atoms with van der Waals surface area (Å²) in [6.07, 6.45) is -2.05. The number of aliphatic hydroxyl groups is 2. The van der Waals surface area contributed by atoms with Gasteiger partial charge in [0.25, 0.3) is 0 Å². The number of fused-ring (bicyclic) bond motifs is 2. The summed E-state index contributed by atoms with van der Waals surface area (Å²) in [5, 5.41) is 21.0. The highest BCUT2D eigenvalue weighted by Crippen LogP contribution is 2.53. The van der Waals surface area contributed by atoms with Crippen LogP contribution in [0.15, 0.2) is 0 Å². The van der Waals surface area contributed by atoms with E-state index < -0.39 is 71.2 Å². The highest BCUT2D eigenvalue weighted by atomic mass is 16.5. The first-order valence-electron chi connectivity index (χ1n) is 9.10. The van der Waals surface area contributed by atoms with Gasteiger partial charge in [-0.05, 0) is 38.5 Å². The molecule has 144 valence electrons. The first kappa shape index (κ1) is 19.0. The highest BCUT2D eigenvalue weighted by Gasteiger charge is 2.62. The van der Waals surface area contributed by atoms with Crippen molar-refractivity contribution in [3.63, 3.8) is 0 Å². The monoisotopic (exact) mass is 368 g/mol. The fourth-order valence-corrected chi connectivity index (χ4v) is 4.94. The Kier molecular flexibility index (Phi) is 5.16. The topological polar surface area (TPSA) is 127 Å². The van der Waals surface area contributed by atoms with Crippen LogP contribution in [0.5, 0.6) is 0 Å². The van der Waals surface area contributed by atoms with Gasteiger partial charge in [-0.15, -0.1) is 0 Å². The van der Waals surface area contributed by atoms with Crippen molar-refractivity contribution in [1.82, 2.24) is 0 Å². The number of rotatable bonds is 4. The zero-order valence-electron chi connectivity index (χ0n) is 14.8. The summed E-state index contributed by atoms with van der Waals surface area (Å²) in [5.41, 5.74) is 0. The molecule has 8 atom stereocenters. The molecule has 3 aliphatic carbocycles. The predicted molar refractivity (Wildman–Crippen MR) is 85.5 cm³/mol. The standard InChI is InChI=1S/C18H24O8/c1-3-25-17(23)11-13(19)7-5-9-10(6-8(7)14(11)20)16(22)12(15(9)21)18(24)26-4-2/h7-13,15,19,21H,3-6H2,1-2H3. The molecular formula is C18H24O8. The summed E-state index contributed by atoms with van der Waals surface area (Å²) in [6.45, 7) is 3.44. The second-order valence-electron chi connectivity index (χ2n) is 7.26. The van der Waals surface area contributed by atoms with Gasteiger partial charge in [-0.1, -0.05) is 0 Å². The predicted octanol–water partition coefficient (Wildman–Crippen LogP) is -0.509. The number of esters is 2. The Morgan fingerprint density at radius 1 is 0.846 bits per heavy atom. The molecule has 8 heteroatoms. The molecule has 3 fully saturated rings. The summed E-state index contributed by atoms with van der Waals surface area (Å²) < 4.78 is 9.77. The lowest BCUT2D eigenvalue weighted by molar-refractivity contribution is -0.155. The SMILES string of the molecule is CCOC(=O)C1C(=O)C2CC3C(=O)C(C(=O)OCC)C(O)C3CC2C1O. The van der Waals surface area contributed by atoms with Crippen molar-refractivity contribution >= 4 is 23.5 Å². The number of Topliss-reactive ketones (excluding diaryl/α,β-unsaturated/α-hetero) is 2. The smallest absolute Gasteiger partial charge is 0.319 e. The number of ether oxygens (including phenoxy) is 2. The van der Waals surface area contributed by atoms with Crippen LogP contribution in [0.2, 0.25) is 0 Å². The van der Waals surface area contributed by atoms with Crippen LogP contribution >= 0.6 is 0 Å². The maximum absolute atomic E-state index is 12.6. The van der Waals surface area contributed by atoms with Gasteiger partial charge in [-0.3, -0.25) is 19.2 Å². The maximum atomic E-state index is 12.6. The molecule has 0 saturated heterocycles. The van der Waals surface area contributed by atoms with Gasteiger partial charge in [0.2, 0.25) is 0 Å². The Hall–Kier alpha value is -1.80. The largest absolute Gasteiger partial charge is 0.465 e. The Balaban J connectivity index is 1.81. The van der Waals surface area contributed by atoms with E-state index in [2.05, 4.69) is 0 Å². The van der Waals surface area contributed by atoms with Crippen molar-refractivity contribution < 1.29 is 38.9 Å². The summed E-state index contributed by atoms with van der Waals surface area (Å²) in [7, 11) is 0. The van der Waals surface area contributed by atoms with Crippen LogP contribution in [0.4, 0.5) is 0 Å². The molecule has 8 nitrogen and oxygen atoms in total. The molecule has 0 aromatic carbocycles. The van der Waals surface area contributed by atoms with Crippen LogP contribution in [0.3, 0.4) is 0 Å². The van der Waals surface area contributed by atoms with E-state index in [9.17, 15) is 29.4 Å². The van der Waals surface area contributed by atoms with Gasteiger partial charge < -0.3 is 19.7 Å². The second-order valence-corrected chi connectivity index (χ2v) is 7.26. The summed E-state index contributed by atoms with van der Waals surface area (Å²) >= 11 is 0. The van der Waals surface area contributed by atoms with Gasteiger partial charge in [0, 0.05) is 11.8 Å². The minimum atomic E-state index is -1.24. The van der Waals surface area contributed by atoms with Crippen LogP contribution in [0.25, 0.3) is 0 Å². The van der Waals surface area contributed by atoms with E-state index in [0.29, 0.717) is 0 Å². The Morgan fingerprint density at radius 3 is 1.58 bits per heavy atom. The van der Waals surface area contributed by atoms with Crippen LogP contribution in [0.1, 0.15) is 26.7 Å². The summed E-state index contributed by atoms with van der Waals surface area (Å²) in [6, 6.07) is 0. The molecule has 0 bridgehead atoms. The van der Waals surface area contributed by atoms with Gasteiger partial charge in [-0.2, -0.15) is 0 Å². The summed E-state index contributed by atoms with van der Waals surface area (Å²) in [5.74, 6) is -7.14. The molecular weight excluding hydrogens is 344 g/mol. The van der Waals surface area contributed by atoms with Crippen LogP contribution in [-0.4, -0.2) is 59.1 Å². The van der Waals surface area contributed by atoms with Crippen molar-refractivity contribution in [2.75, 3.05) is 13.2 Å². The third-order valence-electron chi connectivity index (χ3n) is 6.07. The molecule has 0 radical (unpaired) electrons. The molecule has 8 unspecified atom stereocenters. The average molecular weight is 368 g/mol. The zero-order valence-corrected chi connectivity index (χ0v) is 14.8. The minimum absolute atomic E-state index is 0.105.